The Morgan fingerprint density at radius 3 is 2.74 bits per heavy atom. The molecule has 0 bridgehead atoms. The molecule has 1 aromatic rings. The fraction of sp³-hybridized carbons (Fsp3) is 0.615. The molecule has 0 spiro atoms. The summed E-state index contributed by atoms with van der Waals surface area (Å²) < 4.78 is 1.92. The summed E-state index contributed by atoms with van der Waals surface area (Å²) in [5.41, 5.74) is 2.10. The Morgan fingerprint density at radius 2 is 2.21 bits per heavy atom. The normalized spacial score (nSPS) is 21.2. The topological polar surface area (TPSA) is 84.2 Å². The van der Waals surface area contributed by atoms with Gasteiger partial charge in [0, 0.05) is 18.8 Å². The molecular formula is C13H19N3O3. The lowest BCUT2D eigenvalue weighted by atomic mass is 10.3. The lowest BCUT2D eigenvalue weighted by Gasteiger charge is -2.06. The van der Waals surface area contributed by atoms with Gasteiger partial charge in [-0.05, 0) is 32.8 Å². The van der Waals surface area contributed by atoms with Crippen LogP contribution in [0.1, 0.15) is 24.2 Å². The van der Waals surface area contributed by atoms with E-state index in [0.717, 1.165) is 24.4 Å². The summed E-state index contributed by atoms with van der Waals surface area (Å²) in [6, 6.07) is 2.01. The number of nitrogens with one attached hydrogen (secondary N) is 1. The van der Waals surface area contributed by atoms with Gasteiger partial charge in [0.05, 0.1) is 17.5 Å². The maximum atomic E-state index is 11.6. The summed E-state index contributed by atoms with van der Waals surface area (Å²) in [7, 11) is 0. The molecular weight excluding hydrogens is 246 g/mol. The molecule has 1 saturated carbocycles. The molecule has 1 fully saturated rings. The zero-order valence-corrected chi connectivity index (χ0v) is 11.2. The van der Waals surface area contributed by atoms with Gasteiger partial charge in [-0.3, -0.25) is 14.3 Å². The minimum Gasteiger partial charge on any atom is -0.481 e. The summed E-state index contributed by atoms with van der Waals surface area (Å²) in [5, 5.41) is 15.9. The van der Waals surface area contributed by atoms with Gasteiger partial charge in [-0.15, -0.1) is 0 Å². The van der Waals surface area contributed by atoms with Crippen molar-refractivity contribution in [3.8, 4) is 0 Å². The molecule has 2 atom stereocenters. The van der Waals surface area contributed by atoms with E-state index in [1.165, 1.54) is 0 Å². The van der Waals surface area contributed by atoms with E-state index in [4.69, 9.17) is 5.11 Å². The summed E-state index contributed by atoms with van der Waals surface area (Å²) in [4.78, 5) is 22.2. The molecule has 1 aromatic heterocycles. The first-order valence-corrected chi connectivity index (χ1v) is 6.50. The smallest absolute Gasteiger partial charge is 0.307 e. The molecule has 6 nitrogen and oxygen atoms in total. The van der Waals surface area contributed by atoms with Crippen LogP contribution in [-0.4, -0.2) is 33.3 Å². The van der Waals surface area contributed by atoms with E-state index in [9.17, 15) is 9.59 Å². The highest BCUT2D eigenvalue weighted by Crippen LogP contribution is 2.38. The molecule has 2 N–H and O–H groups in total. The number of carbonyl (C=O) groups excluding carboxylic acids is 1. The molecule has 1 heterocycles. The number of aliphatic carboxylic acids is 1. The molecule has 19 heavy (non-hydrogen) atoms. The molecule has 1 amide bonds. The van der Waals surface area contributed by atoms with Gasteiger partial charge in [0.1, 0.15) is 0 Å². The van der Waals surface area contributed by atoms with Crippen LogP contribution in [0, 0.1) is 25.7 Å². The number of rotatable bonds is 6. The third kappa shape index (κ3) is 3.33. The monoisotopic (exact) mass is 265 g/mol. The SMILES string of the molecule is Cc1cc(C)n(CCCNC(=O)[C@H]2C[C@@H]2C(=O)O)n1. The van der Waals surface area contributed by atoms with E-state index in [1.807, 2.05) is 24.6 Å². The van der Waals surface area contributed by atoms with E-state index < -0.39 is 11.9 Å². The van der Waals surface area contributed by atoms with E-state index in [0.29, 0.717) is 13.0 Å². The Bertz CT molecular complexity index is 495. The maximum absolute atomic E-state index is 11.6. The van der Waals surface area contributed by atoms with E-state index in [-0.39, 0.29) is 11.8 Å². The van der Waals surface area contributed by atoms with Crippen LogP contribution in [0.5, 0.6) is 0 Å². The number of aromatic nitrogens is 2. The van der Waals surface area contributed by atoms with Crippen molar-refractivity contribution >= 4 is 11.9 Å². The van der Waals surface area contributed by atoms with Gasteiger partial charge in [-0.1, -0.05) is 0 Å². The second-order valence-electron chi connectivity index (χ2n) is 5.08. The van der Waals surface area contributed by atoms with Gasteiger partial charge < -0.3 is 10.4 Å². The molecule has 0 aromatic carbocycles. The predicted octanol–water partition coefficient (Wildman–Crippen LogP) is 0.727. The molecule has 0 unspecified atom stereocenters. The largest absolute Gasteiger partial charge is 0.481 e. The molecule has 0 saturated heterocycles. The van der Waals surface area contributed by atoms with E-state index in [1.54, 1.807) is 0 Å². The van der Waals surface area contributed by atoms with Crippen LogP contribution >= 0.6 is 0 Å². The fourth-order valence-corrected chi connectivity index (χ4v) is 2.23. The number of carboxylic acid groups (broad SMARTS) is 1. The summed E-state index contributed by atoms with van der Waals surface area (Å²) in [6.45, 7) is 5.26. The Morgan fingerprint density at radius 1 is 1.47 bits per heavy atom. The van der Waals surface area contributed by atoms with Crippen molar-refractivity contribution in [2.24, 2.45) is 11.8 Å². The predicted molar refractivity (Wildman–Crippen MR) is 68.6 cm³/mol. The third-order valence-electron chi connectivity index (χ3n) is 3.39. The summed E-state index contributed by atoms with van der Waals surface area (Å²) >= 11 is 0. The van der Waals surface area contributed by atoms with Gasteiger partial charge in [0.2, 0.25) is 5.91 Å². The Kier molecular flexibility index (Phi) is 3.87. The molecule has 2 rings (SSSR count). The average Bonchev–Trinajstić information content (AvgIpc) is 3.07. The van der Waals surface area contributed by atoms with E-state index >= 15 is 0 Å². The van der Waals surface area contributed by atoms with Crippen molar-refractivity contribution in [2.45, 2.75) is 33.2 Å². The van der Waals surface area contributed by atoms with Crippen LogP contribution in [-0.2, 0) is 16.1 Å². The molecule has 0 radical (unpaired) electrons. The van der Waals surface area contributed by atoms with Crippen LogP contribution in [0.3, 0.4) is 0 Å². The number of carboxylic acids is 1. The third-order valence-corrected chi connectivity index (χ3v) is 3.39. The summed E-state index contributed by atoms with van der Waals surface area (Å²) in [5.74, 6) is -1.81. The van der Waals surface area contributed by atoms with Crippen molar-refractivity contribution in [3.63, 3.8) is 0 Å². The van der Waals surface area contributed by atoms with E-state index in [2.05, 4.69) is 10.4 Å². The van der Waals surface area contributed by atoms with Crippen LogP contribution in [0.4, 0.5) is 0 Å². The first-order chi connectivity index (χ1) is 8.99. The lowest BCUT2D eigenvalue weighted by Crippen LogP contribution is -2.28. The Hall–Kier alpha value is -1.85. The van der Waals surface area contributed by atoms with Crippen LogP contribution < -0.4 is 5.32 Å². The summed E-state index contributed by atoms with van der Waals surface area (Å²) in [6.07, 6.45) is 1.26. The minimum atomic E-state index is -0.872. The van der Waals surface area contributed by atoms with Gasteiger partial charge in [0.25, 0.3) is 0 Å². The molecule has 6 heteroatoms. The highest BCUT2D eigenvalue weighted by atomic mass is 16.4. The van der Waals surface area contributed by atoms with Crippen LogP contribution in [0.25, 0.3) is 0 Å². The number of hydrogen-bond donors (Lipinski definition) is 2. The van der Waals surface area contributed by atoms with Crippen molar-refractivity contribution < 1.29 is 14.7 Å². The second kappa shape index (κ2) is 5.42. The number of amides is 1. The average molecular weight is 265 g/mol. The van der Waals surface area contributed by atoms with Crippen molar-refractivity contribution in [3.05, 3.63) is 17.5 Å². The zero-order chi connectivity index (χ0) is 14.0. The molecule has 104 valence electrons. The maximum Gasteiger partial charge on any atom is 0.307 e. The zero-order valence-electron chi connectivity index (χ0n) is 11.2. The first-order valence-electron chi connectivity index (χ1n) is 6.50. The second-order valence-corrected chi connectivity index (χ2v) is 5.08. The molecule has 1 aliphatic rings. The quantitative estimate of drug-likeness (QED) is 0.743. The van der Waals surface area contributed by atoms with Crippen LogP contribution in [0.15, 0.2) is 6.07 Å². The highest BCUT2D eigenvalue weighted by molar-refractivity contribution is 5.89. The van der Waals surface area contributed by atoms with Gasteiger partial charge >= 0.3 is 5.97 Å². The first kappa shape index (κ1) is 13.6. The highest BCUT2D eigenvalue weighted by Gasteiger charge is 2.48. The fourth-order valence-electron chi connectivity index (χ4n) is 2.23. The van der Waals surface area contributed by atoms with Gasteiger partial charge in [0.15, 0.2) is 0 Å². The minimum absolute atomic E-state index is 0.138. The lowest BCUT2D eigenvalue weighted by molar-refractivity contribution is -0.140. The standard InChI is InChI=1S/C13H19N3O3/c1-8-6-9(2)16(15-8)5-3-4-14-12(17)10-7-11(10)13(18)19/h6,10-11H,3-5,7H2,1-2H3,(H,14,17)(H,18,19)/t10-,11-/m0/s1. The van der Waals surface area contributed by atoms with Crippen molar-refractivity contribution in [1.29, 1.82) is 0 Å². The van der Waals surface area contributed by atoms with Crippen molar-refractivity contribution in [2.75, 3.05) is 6.54 Å². The number of carbonyl (C=O) groups is 2. The number of nitrogens with zero attached hydrogens (tertiary/aromatic N) is 2. The van der Waals surface area contributed by atoms with Crippen LogP contribution in [0.2, 0.25) is 0 Å². The Labute approximate surface area is 111 Å². The molecule has 0 aliphatic heterocycles. The van der Waals surface area contributed by atoms with Gasteiger partial charge in [-0.2, -0.15) is 5.10 Å². The van der Waals surface area contributed by atoms with Gasteiger partial charge in [-0.25, -0.2) is 0 Å². The Balaban J connectivity index is 1.66. The van der Waals surface area contributed by atoms with Crippen molar-refractivity contribution in [1.82, 2.24) is 15.1 Å². The number of hydrogen-bond acceptors (Lipinski definition) is 3. The number of aryl methyl sites for hydroxylation is 3. The molecule has 1 aliphatic carbocycles.